The van der Waals surface area contributed by atoms with E-state index in [1.165, 1.54) is 14.0 Å². The average molecular weight is 491 g/mol. The lowest BCUT2D eigenvalue weighted by molar-refractivity contribution is -0.360. The van der Waals surface area contributed by atoms with Crippen molar-refractivity contribution in [3.8, 4) is 0 Å². The van der Waals surface area contributed by atoms with E-state index in [1.54, 1.807) is 19.1 Å². The minimum absolute atomic E-state index is 0.0655. The zero-order chi connectivity index (χ0) is 24.9. The van der Waals surface area contributed by atoms with Crippen LogP contribution < -0.4 is 0 Å². The van der Waals surface area contributed by atoms with E-state index in [9.17, 15) is 14.4 Å². The summed E-state index contributed by atoms with van der Waals surface area (Å²) in [5, 5.41) is 0. The van der Waals surface area contributed by atoms with Gasteiger partial charge in [0.1, 0.15) is 18.3 Å². The second-order valence-electron chi connectivity index (χ2n) is 8.64. The molecule has 10 heteroatoms. The Hall–Kier alpha value is -2.79. The Balaban J connectivity index is 1.65. The topological polar surface area (TPSA) is 116 Å². The predicted molar refractivity (Wildman–Crippen MR) is 119 cm³/mol. The van der Waals surface area contributed by atoms with Crippen LogP contribution in [-0.4, -0.2) is 68.4 Å². The highest BCUT2D eigenvalue weighted by atomic mass is 16.8. The van der Waals surface area contributed by atoms with Crippen molar-refractivity contribution >= 4 is 17.9 Å². The lowest BCUT2D eigenvalue weighted by Gasteiger charge is -2.48. The number of benzene rings is 1. The molecule has 35 heavy (non-hydrogen) atoms. The van der Waals surface area contributed by atoms with Gasteiger partial charge in [-0.2, -0.15) is 0 Å². The summed E-state index contributed by atoms with van der Waals surface area (Å²) < 4.78 is 40.4. The summed E-state index contributed by atoms with van der Waals surface area (Å²) >= 11 is 0. The van der Waals surface area contributed by atoms with Crippen LogP contribution in [0.3, 0.4) is 0 Å². The second-order valence-corrected chi connectivity index (χ2v) is 8.64. The zero-order valence-corrected chi connectivity index (χ0v) is 19.9. The van der Waals surface area contributed by atoms with Gasteiger partial charge in [0.2, 0.25) is 0 Å². The highest BCUT2D eigenvalue weighted by Gasteiger charge is 2.54. The number of hydrogen-bond donors (Lipinski definition) is 0. The standard InChI is InChI=1S/C25H30O10/c1-14-17(31-15(2)26)11-7-8-12-19(27)33-22-21(34-23(14)28)20-18(32-25(22)29-3)13-30-24(35-20)16-9-5-4-6-10-16/h4-7,9-11,14,17-18,20-22,24-25H,8,12-13H2,1-3H3/t14-,17+,18-,20-,21+,22-,24?,25+/m1/s1. The normalized spacial score (nSPS) is 35.9. The lowest BCUT2D eigenvalue weighted by Crippen LogP contribution is -2.64. The molecule has 0 radical (unpaired) electrons. The van der Waals surface area contributed by atoms with Crippen molar-refractivity contribution in [2.75, 3.05) is 13.7 Å². The van der Waals surface area contributed by atoms with Gasteiger partial charge in [0.05, 0.1) is 12.5 Å². The minimum Gasteiger partial charge on any atom is -0.457 e. The van der Waals surface area contributed by atoms with Crippen LogP contribution in [-0.2, 0) is 47.5 Å². The third-order valence-corrected chi connectivity index (χ3v) is 6.12. The van der Waals surface area contributed by atoms with Crippen LogP contribution in [0.4, 0.5) is 0 Å². The molecule has 3 aliphatic rings. The van der Waals surface area contributed by atoms with Crippen LogP contribution in [0.5, 0.6) is 0 Å². The minimum atomic E-state index is -1.07. The molecule has 0 amide bonds. The average Bonchev–Trinajstić information content (AvgIpc) is 2.85. The van der Waals surface area contributed by atoms with E-state index in [-0.39, 0.29) is 13.0 Å². The van der Waals surface area contributed by atoms with Gasteiger partial charge in [-0.15, -0.1) is 0 Å². The number of rotatable bonds is 3. The molecule has 190 valence electrons. The van der Waals surface area contributed by atoms with Crippen molar-refractivity contribution in [3.63, 3.8) is 0 Å². The third-order valence-electron chi connectivity index (χ3n) is 6.12. The quantitative estimate of drug-likeness (QED) is 0.355. The molecule has 0 aliphatic carbocycles. The van der Waals surface area contributed by atoms with Crippen LogP contribution in [0, 0.1) is 5.92 Å². The molecule has 0 N–H and O–H groups in total. The number of carbonyl (C=O) groups is 3. The first-order chi connectivity index (χ1) is 16.9. The van der Waals surface area contributed by atoms with Crippen LogP contribution in [0.25, 0.3) is 0 Å². The fourth-order valence-corrected chi connectivity index (χ4v) is 4.29. The monoisotopic (exact) mass is 490 g/mol. The molecule has 4 rings (SSSR count). The van der Waals surface area contributed by atoms with Gasteiger partial charge < -0.3 is 33.2 Å². The molecule has 1 unspecified atom stereocenters. The molecule has 0 spiro atoms. The Morgan fingerprint density at radius 1 is 1.03 bits per heavy atom. The zero-order valence-electron chi connectivity index (χ0n) is 19.9. The first-order valence-electron chi connectivity index (χ1n) is 11.6. The summed E-state index contributed by atoms with van der Waals surface area (Å²) in [4.78, 5) is 37.4. The Morgan fingerprint density at radius 3 is 2.51 bits per heavy atom. The maximum absolute atomic E-state index is 13.2. The molecule has 1 aromatic rings. The van der Waals surface area contributed by atoms with E-state index >= 15 is 0 Å². The third kappa shape index (κ3) is 5.90. The molecule has 1 aromatic carbocycles. The van der Waals surface area contributed by atoms with E-state index in [2.05, 4.69) is 0 Å². The summed E-state index contributed by atoms with van der Waals surface area (Å²) in [6, 6.07) is 9.31. The van der Waals surface area contributed by atoms with E-state index < -0.39 is 66.9 Å². The van der Waals surface area contributed by atoms with Gasteiger partial charge in [0.25, 0.3) is 0 Å². The van der Waals surface area contributed by atoms with Crippen molar-refractivity contribution in [2.45, 2.75) is 69.8 Å². The van der Waals surface area contributed by atoms with Crippen molar-refractivity contribution in [1.29, 1.82) is 0 Å². The molecule has 10 nitrogen and oxygen atoms in total. The Labute approximate surface area is 203 Å². The molecular weight excluding hydrogens is 460 g/mol. The molecule has 0 aromatic heterocycles. The van der Waals surface area contributed by atoms with Crippen LogP contribution >= 0.6 is 0 Å². The smallest absolute Gasteiger partial charge is 0.313 e. The SMILES string of the molecule is CO[C@H]1O[C@@H]2COC(c3ccccc3)O[C@H]2[C@@H]2OC(=O)[C@H](C)[C@@H](OC(C)=O)C=CCCC(=O)O[C@@H]12. The molecule has 0 saturated carbocycles. The second kappa shape index (κ2) is 11.3. The molecule has 2 fully saturated rings. The van der Waals surface area contributed by atoms with Crippen LogP contribution in [0.1, 0.15) is 38.5 Å². The summed E-state index contributed by atoms with van der Waals surface area (Å²) in [6.07, 6.45) is -2.50. The van der Waals surface area contributed by atoms with Crippen molar-refractivity contribution in [2.24, 2.45) is 5.92 Å². The number of ether oxygens (including phenoxy) is 7. The fourth-order valence-electron chi connectivity index (χ4n) is 4.29. The predicted octanol–water partition coefficient (Wildman–Crippen LogP) is 2.21. The van der Waals surface area contributed by atoms with E-state index in [0.29, 0.717) is 6.42 Å². The molecule has 3 aliphatic heterocycles. The Bertz CT molecular complexity index is 931. The van der Waals surface area contributed by atoms with Gasteiger partial charge in [0.15, 0.2) is 24.8 Å². The number of carbonyl (C=O) groups excluding carboxylic acids is 3. The summed E-state index contributed by atoms with van der Waals surface area (Å²) in [5.74, 6) is -2.52. The van der Waals surface area contributed by atoms with Crippen LogP contribution in [0.2, 0.25) is 0 Å². The largest absolute Gasteiger partial charge is 0.457 e. The highest BCUT2D eigenvalue weighted by molar-refractivity contribution is 5.75. The number of allylic oxidation sites excluding steroid dienone is 1. The highest BCUT2D eigenvalue weighted by Crippen LogP contribution is 2.37. The maximum Gasteiger partial charge on any atom is 0.313 e. The summed E-state index contributed by atoms with van der Waals surface area (Å²) in [6.45, 7) is 3.02. The fraction of sp³-hybridized carbons (Fsp3) is 0.560. The van der Waals surface area contributed by atoms with E-state index in [1.807, 2.05) is 30.3 Å². The number of hydrogen-bond acceptors (Lipinski definition) is 10. The van der Waals surface area contributed by atoms with Gasteiger partial charge in [-0.3, -0.25) is 14.4 Å². The number of fused-ring (bicyclic) bond motifs is 3. The summed E-state index contributed by atoms with van der Waals surface area (Å²) in [7, 11) is 1.41. The van der Waals surface area contributed by atoms with E-state index in [0.717, 1.165) is 5.56 Å². The number of methoxy groups -OCH3 is 1. The van der Waals surface area contributed by atoms with Gasteiger partial charge in [-0.05, 0) is 19.4 Å². The maximum atomic E-state index is 13.2. The molecular formula is C25H30O10. The van der Waals surface area contributed by atoms with Crippen molar-refractivity contribution in [1.82, 2.24) is 0 Å². The van der Waals surface area contributed by atoms with Gasteiger partial charge in [-0.25, -0.2) is 0 Å². The Kier molecular flexibility index (Phi) is 8.17. The Morgan fingerprint density at radius 2 is 1.80 bits per heavy atom. The van der Waals surface area contributed by atoms with Crippen molar-refractivity contribution < 1.29 is 47.5 Å². The van der Waals surface area contributed by atoms with E-state index in [4.69, 9.17) is 33.2 Å². The van der Waals surface area contributed by atoms with Gasteiger partial charge >= 0.3 is 17.9 Å². The first kappa shape index (κ1) is 25.3. The lowest BCUT2D eigenvalue weighted by atomic mass is 9.96. The molecule has 3 heterocycles. The molecule has 0 bridgehead atoms. The van der Waals surface area contributed by atoms with Crippen LogP contribution in [0.15, 0.2) is 42.5 Å². The summed E-state index contributed by atoms with van der Waals surface area (Å²) in [5.41, 5.74) is 0.779. The first-order valence-corrected chi connectivity index (χ1v) is 11.6. The number of esters is 3. The molecule has 8 atom stereocenters. The van der Waals surface area contributed by atoms with Gasteiger partial charge in [0, 0.05) is 26.0 Å². The van der Waals surface area contributed by atoms with Gasteiger partial charge in [-0.1, -0.05) is 36.4 Å². The molecule has 2 saturated heterocycles. The van der Waals surface area contributed by atoms with Crippen molar-refractivity contribution in [3.05, 3.63) is 48.0 Å².